The second-order valence-corrected chi connectivity index (χ2v) is 6.92. The minimum atomic E-state index is -0.460. The van der Waals surface area contributed by atoms with E-state index in [0.29, 0.717) is 6.79 Å². The van der Waals surface area contributed by atoms with Gasteiger partial charge in [-0.2, -0.15) is 0 Å². The highest BCUT2D eigenvalue weighted by Gasteiger charge is 2.19. The Labute approximate surface area is 159 Å². The second-order valence-electron chi connectivity index (χ2n) is 6.92. The Balaban J connectivity index is 1.24. The zero-order valence-electron chi connectivity index (χ0n) is 15.4. The molecule has 0 amide bonds. The molecule has 4 rings (SSSR count). The lowest BCUT2D eigenvalue weighted by atomic mass is 10.1. The maximum Gasteiger partial charge on any atom is 0.231 e. The molecule has 0 unspecified atom stereocenters. The number of alkyl halides is 1. The van der Waals surface area contributed by atoms with Crippen molar-refractivity contribution in [3.63, 3.8) is 0 Å². The Morgan fingerprint density at radius 1 is 0.815 bits per heavy atom. The number of halogens is 1. The minimum absolute atomic E-state index is 0.116. The molecule has 2 aliphatic heterocycles. The van der Waals surface area contributed by atoms with Crippen molar-refractivity contribution < 1.29 is 18.6 Å². The van der Waals surface area contributed by atoms with Crippen LogP contribution in [0.1, 0.15) is 11.1 Å². The van der Waals surface area contributed by atoms with Crippen LogP contribution in [0.15, 0.2) is 42.5 Å². The van der Waals surface area contributed by atoms with Gasteiger partial charge in [-0.25, -0.2) is 4.39 Å². The molecule has 0 radical (unpaired) electrons. The van der Waals surface area contributed by atoms with E-state index in [4.69, 9.17) is 14.2 Å². The SMILES string of the molecule is [18F]CCOc1ccc(CN2CCN(Cc3ccc4c(c3)OCO4)CC2)cc1. The van der Waals surface area contributed by atoms with Gasteiger partial charge in [0.15, 0.2) is 11.5 Å². The lowest BCUT2D eigenvalue weighted by molar-refractivity contribution is 0.122. The van der Waals surface area contributed by atoms with Crippen molar-refractivity contribution in [2.75, 3.05) is 46.3 Å². The van der Waals surface area contributed by atoms with E-state index in [-0.39, 0.29) is 6.61 Å². The Bertz CT molecular complexity index is 746. The maximum absolute atomic E-state index is 12.1. The van der Waals surface area contributed by atoms with Crippen LogP contribution >= 0.6 is 0 Å². The van der Waals surface area contributed by atoms with E-state index >= 15 is 0 Å². The molecule has 144 valence electrons. The minimum Gasteiger partial charge on any atom is -0.491 e. The van der Waals surface area contributed by atoms with Crippen molar-refractivity contribution >= 4 is 0 Å². The molecule has 2 heterocycles. The van der Waals surface area contributed by atoms with E-state index in [1.807, 2.05) is 18.2 Å². The number of benzene rings is 2. The van der Waals surface area contributed by atoms with Crippen molar-refractivity contribution in [2.45, 2.75) is 13.1 Å². The molecule has 6 heteroatoms. The van der Waals surface area contributed by atoms with Crippen molar-refractivity contribution in [3.05, 3.63) is 53.6 Å². The Morgan fingerprint density at radius 2 is 1.44 bits per heavy atom. The largest absolute Gasteiger partial charge is 0.491 e. The first-order valence-corrected chi connectivity index (χ1v) is 9.41. The molecular formula is C21H25FN2O3. The van der Waals surface area contributed by atoms with Gasteiger partial charge >= 0.3 is 0 Å². The van der Waals surface area contributed by atoms with Crippen LogP contribution in [0.25, 0.3) is 0 Å². The quantitative estimate of drug-likeness (QED) is 0.747. The normalized spacial score (nSPS) is 17.2. The fourth-order valence-electron chi connectivity index (χ4n) is 3.51. The number of fused-ring (bicyclic) bond motifs is 1. The predicted molar refractivity (Wildman–Crippen MR) is 101 cm³/mol. The zero-order valence-corrected chi connectivity index (χ0v) is 15.4. The fourth-order valence-corrected chi connectivity index (χ4v) is 3.51. The van der Waals surface area contributed by atoms with Gasteiger partial charge in [-0.05, 0) is 35.4 Å². The zero-order chi connectivity index (χ0) is 18.5. The molecule has 0 bridgehead atoms. The summed E-state index contributed by atoms with van der Waals surface area (Å²) in [6.07, 6.45) is 0. The number of piperazine rings is 1. The number of hydrogen-bond donors (Lipinski definition) is 0. The first-order chi connectivity index (χ1) is 13.3. The molecule has 27 heavy (non-hydrogen) atoms. The van der Waals surface area contributed by atoms with Gasteiger partial charge < -0.3 is 14.2 Å². The Kier molecular flexibility index (Phi) is 5.75. The highest BCUT2D eigenvalue weighted by atomic mass is 18.2. The summed E-state index contributed by atoms with van der Waals surface area (Å²) < 4.78 is 28.3. The van der Waals surface area contributed by atoms with E-state index in [2.05, 4.69) is 34.1 Å². The third-order valence-corrected chi connectivity index (χ3v) is 4.98. The molecule has 0 aliphatic carbocycles. The first kappa shape index (κ1) is 18.1. The lowest BCUT2D eigenvalue weighted by Gasteiger charge is -2.34. The Morgan fingerprint density at radius 3 is 2.15 bits per heavy atom. The van der Waals surface area contributed by atoms with Gasteiger partial charge in [0.05, 0.1) is 0 Å². The van der Waals surface area contributed by atoms with Crippen LogP contribution < -0.4 is 14.2 Å². The molecule has 2 aromatic carbocycles. The van der Waals surface area contributed by atoms with Gasteiger partial charge in [0.1, 0.15) is 19.0 Å². The van der Waals surface area contributed by atoms with E-state index < -0.39 is 6.67 Å². The van der Waals surface area contributed by atoms with Gasteiger partial charge in [-0.3, -0.25) is 9.80 Å². The van der Waals surface area contributed by atoms with Crippen LogP contribution in [0.4, 0.5) is 4.39 Å². The summed E-state index contributed by atoms with van der Waals surface area (Å²) in [4.78, 5) is 4.94. The van der Waals surface area contributed by atoms with Gasteiger partial charge in [0.2, 0.25) is 6.79 Å². The van der Waals surface area contributed by atoms with Gasteiger partial charge in [-0.15, -0.1) is 0 Å². The van der Waals surface area contributed by atoms with E-state index in [1.54, 1.807) is 0 Å². The highest BCUT2D eigenvalue weighted by Crippen LogP contribution is 2.32. The number of nitrogens with zero attached hydrogens (tertiary/aromatic N) is 2. The number of hydrogen-bond acceptors (Lipinski definition) is 5. The summed E-state index contributed by atoms with van der Waals surface area (Å²) >= 11 is 0. The molecule has 0 spiro atoms. The van der Waals surface area contributed by atoms with Crippen LogP contribution in [0.3, 0.4) is 0 Å². The van der Waals surface area contributed by atoms with Crippen molar-refractivity contribution in [1.82, 2.24) is 9.80 Å². The standard InChI is InChI=1S/C21H25FN2O3/c22-7-12-25-19-4-1-17(2-5-19)14-23-8-10-24(11-9-23)15-18-3-6-20-21(13-18)27-16-26-20/h1-6,13H,7-12,14-16H2/i22-1. The monoisotopic (exact) mass is 371 g/mol. The smallest absolute Gasteiger partial charge is 0.231 e. The van der Waals surface area contributed by atoms with Gasteiger partial charge in [0.25, 0.3) is 0 Å². The van der Waals surface area contributed by atoms with Crippen molar-refractivity contribution in [2.24, 2.45) is 0 Å². The molecule has 0 aromatic heterocycles. The van der Waals surface area contributed by atoms with Gasteiger partial charge in [-0.1, -0.05) is 18.2 Å². The molecule has 0 atom stereocenters. The summed E-state index contributed by atoms with van der Waals surface area (Å²) in [5, 5.41) is 0. The van der Waals surface area contributed by atoms with Gasteiger partial charge in [0, 0.05) is 39.3 Å². The summed E-state index contributed by atoms with van der Waals surface area (Å²) in [5.74, 6) is 2.42. The van der Waals surface area contributed by atoms with Crippen LogP contribution in [0, 0.1) is 0 Å². The topological polar surface area (TPSA) is 34.2 Å². The highest BCUT2D eigenvalue weighted by molar-refractivity contribution is 5.44. The number of ether oxygens (including phenoxy) is 3. The molecule has 2 aliphatic rings. The molecule has 2 aromatic rings. The third-order valence-electron chi connectivity index (χ3n) is 4.98. The van der Waals surface area contributed by atoms with E-state index in [9.17, 15) is 4.39 Å². The summed E-state index contributed by atoms with van der Waals surface area (Å²) in [7, 11) is 0. The average Bonchev–Trinajstić information content (AvgIpc) is 3.17. The summed E-state index contributed by atoms with van der Waals surface area (Å²) in [5.41, 5.74) is 2.52. The molecular weight excluding hydrogens is 346 g/mol. The molecule has 0 saturated carbocycles. The maximum atomic E-state index is 12.1. The molecule has 5 nitrogen and oxygen atoms in total. The van der Waals surface area contributed by atoms with Crippen LogP contribution in [0.5, 0.6) is 17.2 Å². The average molecular weight is 371 g/mol. The van der Waals surface area contributed by atoms with Crippen molar-refractivity contribution in [3.8, 4) is 17.2 Å². The van der Waals surface area contributed by atoms with Crippen LogP contribution in [-0.4, -0.2) is 56.1 Å². The fraction of sp³-hybridized carbons (Fsp3) is 0.429. The first-order valence-electron chi connectivity index (χ1n) is 9.41. The predicted octanol–water partition coefficient (Wildman–Crippen LogP) is 3.08. The molecule has 0 N–H and O–H groups in total. The number of rotatable bonds is 7. The molecule has 1 fully saturated rings. The molecule has 1 saturated heterocycles. The van der Waals surface area contributed by atoms with E-state index in [0.717, 1.165) is 56.5 Å². The third kappa shape index (κ3) is 4.70. The Hall–Kier alpha value is -2.31. The van der Waals surface area contributed by atoms with Crippen LogP contribution in [-0.2, 0) is 13.1 Å². The summed E-state index contributed by atoms with van der Waals surface area (Å²) in [6.45, 7) is 6.03. The summed E-state index contributed by atoms with van der Waals surface area (Å²) in [6, 6.07) is 14.2. The van der Waals surface area contributed by atoms with Crippen molar-refractivity contribution in [1.29, 1.82) is 0 Å². The second kappa shape index (κ2) is 8.59. The lowest BCUT2D eigenvalue weighted by Crippen LogP contribution is -2.45. The van der Waals surface area contributed by atoms with Crippen LogP contribution in [0.2, 0.25) is 0 Å². The van der Waals surface area contributed by atoms with E-state index in [1.165, 1.54) is 11.1 Å².